The number of para-hydroxylation sites is 1. The van der Waals surface area contributed by atoms with Crippen LogP contribution in [0.2, 0.25) is 0 Å². The number of rotatable bonds is 5. The van der Waals surface area contributed by atoms with Crippen LogP contribution in [-0.4, -0.2) is 78.2 Å². The molecular formula is C25H38N4O3. The Morgan fingerprint density at radius 2 is 1.56 bits per heavy atom. The number of amides is 3. The zero-order valence-electron chi connectivity index (χ0n) is 20.0. The van der Waals surface area contributed by atoms with Gasteiger partial charge in [-0.2, -0.15) is 0 Å². The van der Waals surface area contributed by atoms with E-state index in [-0.39, 0.29) is 29.1 Å². The lowest BCUT2D eigenvalue weighted by Gasteiger charge is -2.39. The lowest BCUT2D eigenvalue weighted by atomic mass is 9.90. The van der Waals surface area contributed by atoms with Crippen molar-refractivity contribution in [3.63, 3.8) is 0 Å². The molecule has 2 heterocycles. The third-order valence-corrected chi connectivity index (χ3v) is 6.50. The standard InChI is InChI=1S/C25H38N4O3/c1-5-19-8-6-7-9-21(19)26-22(30)18-27-14-16-28(17-15-27)23(31)20-10-12-29(13-11-20)24(32)25(2,3)4/h6-9,20H,5,10-18H2,1-4H3,(H,26,30). The van der Waals surface area contributed by atoms with Gasteiger partial charge in [-0.25, -0.2) is 0 Å². The van der Waals surface area contributed by atoms with Gasteiger partial charge in [0.05, 0.1) is 6.54 Å². The number of piperidine rings is 1. The van der Waals surface area contributed by atoms with Gasteiger partial charge >= 0.3 is 0 Å². The van der Waals surface area contributed by atoms with Crippen molar-refractivity contribution in [2.45, 2.75) is 47.0 Å². The maximum absolute atomic E-state index is 13.0. The summed E-state index contributed by atoms with van der Waals surface area (Å²) in [5.74, 6) is 0.353. The molecule has 0 aliphatic carbocycles. The molecule has 0 aromatic heterocycles. The Bertz CT molecular complexity index is 817. The molecule has 3 rings (SSSR count). The van der Waals surface area contributed by atoms with Crippen molar-refractivity contribution < 1.29 is 14.4 Å². The van der Waals surface area contributed by atoms with E-state index >= 15 is 0 Å². The number of carbonyl (C=O) groups is 3. The maximum atomic E-state index is 13.0. The van der Waals surface area contributed by atoms with Gasteiger partial charge in [0, 0.05) is 56.3 Å². The highest BCUT2D eigenvalue weighted by molar-refractivity contribution is 5.93. The van der Waals surface area contributed by atoms with Crippen LogP contribution in [0.15, 0.2) is 24.3 Å². The van der Waals surface area contributed by atoms with E-state index in [2.05, 4.69) is 17.1 Å². The number of hydrogen-bond donors (Lipinski definition) is 1. The van der Waals surface area contributed by atoms with E-state index in [1.54, 1.807) is 0 Å². The van der Waals surface area contributed by atoms with Gasteiger partial charge in [-0.1, -0.05) is 45.9 Å². The van der Waals surface area contributed by atoms with Crippen molar-refractivity contribution in [3.8, 4) is 0 Å². The first-order valence-electron chi connectivity index (χ1n) is 11.9. The molecule has 1 aromatic carbocycles. The summed E-state index contributed by atoms with van der Waals surface area (Å²) in [4.78, 5) is 43.9. The van der Waals surface area contributed by atoms with Gasteiger partial charge in [0.2, 0.25) is 17.7 Å². The second-order valence-electron chi connectivity index (χ2n) is 9.98. The minimum absolute atomic E-state index is 0.000544. The fourth-order valence-electron chi connectivity index (χ4n) is 4.53. The van der Waals surface area contributed by atoms with Gasteiger partial charge in [-0.05, 0) is 30.9 Å². The second-order valence-corrected chi connectivity index (χ2v) is 9.98. The molecule has 0 bridgehead atoms. The number of aryl methyl sites for hydroxylation is 1. The summed E-state index contributed by atoms with van der Waals surface area (Å²) in [5, 5.41) is 3.02. The van der Waals surface area contributed by atoms with Gasteiger partial charge in [-0.15, -0.1) is 0 Å². The SMILES string of the molecule is CCc1ccccc1NC(=O)CN1CCN(C(=O)C2CCN(C(=O)C(C)(C)C)CC2)CC1. The van der Waals surface area contributed by atoms with Crippen molar-refractivity contribution in [3.05, 3.63) is 29.8 Å². The van der Waals surface area contributed by atoms with Crippen LogP contribution in [0.4, 0.5) is 5.69 Å². The van der Waals surface area contributed by atoms with Crippen LogP contribution in [0.5, 0.6) is 0 Å². The predicted octanol–water partition coefficient (Wildman–Crippen LogP) is 2.62. The smallest absolute Gasteiger partial charge is 0.238 e. The molecule has 0 saturated carbocycles. The molecule has 32 heavy (non-hydrogen) atoms. The van der Waals surface area contributed by atoms with Crippen LogP contribution in [0, 0.1) is 11.3 Å². The fraction of sp³-hybridized carbons (Fsp3) is 0.640. The number of nitrogens with zero attached hydrogens (tertiary/aromatic N) is 3. The average Bonchev–Trinajstić information content (AvgIpc) is 2.78. The molecular weight excluding hydrogens is 404 g/mol. The largest absolute Gasteiger partial charge is 0.342 e. The van der Waals surface area contributed by atoms with Crippen molar-refractivity contribution in [1.82, 2.24) is 14.7 Å². The van der Waals surface area contributed by atoms with E-state index in [0.717, 1.165) is 30.5 Å². The quantitative estimate of drug-likeness (QED) is 0.761. The van der Waals surface area contributed by atoms with Crippen molar-refractivity contribution in [2.75, 3.05) is 51.1 Å². The third kappa shape index (κ3) is 6.09. The number of anilines is 1. The molecule has 2 fully saturated rings. The van der Waals surface area contributed by atoms with Crippen LogP contribution in [0.3, 0.4) is 0 Å². The van der Waals surface area contributed by atoms with Crippen LogP contribution < -0.4 is 5.32 Å². The summed E-state index contributed by atoms with van der Waals surface area (Å²) in [6.07, 6.45) is 2.35. The molecule has 3 amide bonds. The average molecular weight is 443 g/mol. The van der Waals surface area contributed by atoms with Gasteiger partial charge in [-0.3, -0.25) is 19.3 Å². The lowest BCUT2D eigenvalue weighted by molar-refractivity contribution is -0.145. The molecule has 2 saturated heterocycles. The van der Waals surface area contributed by atoms with Crippen molar-refractivity contribution in [1.29, 1.82) is 0 Å². The summed E-state index contributed by atoms with van der Waals surface area (Å²) in [7, 11) is 0. The summed E-state index contributed by atoms with van der Waals surface area (Å²) in [6, 6.07) is 7.89. The summed E-state index contributed by atoms with van der Waals surface area (Å²) >= 11 is 0. The number of piperazine rings is 1. The molecule has 7 heteroatoms. The minimum Gasteiger partial charge on any atom is -0.342 e. The molecule has 2 aliphatic rings. The Hall–Kier alpha value is -2.41. The van der Waals surface area contributed by atoms with E-state index in [4.69, 9.17) is 0 Å². The third-order valence-electron chi connectivity index (χ3n) is 6.50. The van der Waals surface area contributed by atoms with Gasteiger partial charge in [0.1, 0.15) is 0 Å². The molecule has 7 nitrogen and oxygen atoms in total. The molecule has 176 valence electrons. The highest BCUT2D eigenvalue weighted by Crippen LogP contribution is 2.25. The Kier molecular flexibility index (Phi) is 7.93. The van der Waals surface area contributed by atoms with Crippen LogP contribution in [-0.2, 0) is 20.8 Å². The summed E-state index contributed by atoms with van der Waals surface area (Å²) < 4.78 is 0. The van der Waals surface area contributed by atoms with E-state index in [0.29, 0.717) is 45.8 Å². The van der Waals surface area contributed by atoms with E-state index in [9.17, 15) is 14.4 Å². The van der Waals surface area contributed by atoms with E-state index in [1.807, 2.05) is 54.8 Å². The molecule has 1 aromatic rings. The topological polar surface area (TPSA) is 73.0 Å². The van der Waals surface area contributed by atoms with Crippen molar-refractivity contribution in [2.24, 2.45) is 11.3 Å². The molecule has 1 N–H and O–H groups in total. The number of likely N-dealkylation sites (tertiary alicyclic amines) is 1. The summed E-state index contributed by atoms with van der Waals surface area (Å²) in [6.45, 7) is 12.3. The number of nitrogens with one attached hydrogen (secondary N) is 1. The molecule has 0 unspecified atom stereocenters. The molecule has 0 spiro atoms. The monoisotopic (exact) mass is 442 g/mol. The minimum atomic E-state index is -0.377. The Morgan fingerprint density at radius 1 is 0.938 bits per heavy atom. The number of carbonyl (C=O) groups excluding carboxylic acids is 3. The van der Waals surface area contributed by atoms with Gasteiger partial charge in [0.15, 0.2) is 0 Å². The van der Waals surface area contributed by atoms with E-state index in [1.165, 1.54) is 0 Å². The number of hydrogen-bond acceptors (Lipinski definition) is 4. The normalized spacial score (nSPS) is 18.5. The Labute approximate surface area is 192 Å². The van der Waals surface area contributed by atoms with Crippen molar-refractivity contribution >= 4 is 23.4 Å². The first-order valence-corrected chi connectivity index (χ1v) is 11.9. The van der Waals surface area contributed by atoms with Gasteiger partial charge < -0.3 is 15.1 Å². The highest BCUT2D eigenvalue weighted by Gasteiger charge is 2.34. The van der Waals surface area contributed by atoms with E-state index < -0.39 is 0 Å². The molecule has 0 radical (unpaired) electrons. The zero-order valence-corrected chi connectivity index (χ0v) is 20.0. The maximum Gasteiger partial charge on any atom is 0.238 e. The lowest BCUT2D eigenvalue weighted by Crippen LogP contribution is -2.53. The van der Waals surface area contributed by atoms with Crippen LogP contribution in [0.25, 0.3) is 0 Å². The number of benzene rings is 1. The fourth-order valence-corrected chi connectivity index (χ4v) is 4.53. The molecule has 2 aliphatic heterocycles. The second kappa shape index (κ2) is 10.5. The summed E-state index contributed by atoms with van der Waals surface area (Å²) in [5.41, 5.74) is 1.63. The Morgan fingerprint density at radius 3 is 2.16 bits per heavy atom. The van der Waals surface area contributed by atoms with Crippen LogP contribution >= 0.6 is 0 Å². The predicted molar refractivity (Wildman–Crippen MR) is 126 cm³/mol. The zero-order chi connectivity index (χ0) is 23.3. The highest BCUT2D eigenvalue weighted by atomic mass is 16.2. The first-order chi connectivity index (χ1) is 15.2. The first kappa shape index (κ1) is 24.2. The Balaban J connectivity index is 1.42. The molecule has 0 atom stereocenters. The van der Waals surface area contributed by atoms with Gasteiger partial charge in [0.25, 0.3) is 0 Å². The van der Waals surface area contributed by atoms with Crippen LogP contribution in [0.1, 0.15) is 46.1 Å².